The molecular weight excluding hydrogens is 276 g/mol. The average Bonchev–Trinajstić information content (AvgIpc) is 3.09. The third-order valence-electron chi connectivity index (χ3n) is 2.96. The number of ketones is 1. The highest BCUT2D eigenvalue weighted by Crippen LogP contribution is 2.12. The number of hydrogen-bond acceptors (Lipinski definition) is 5. The van der Waals surface area contributed by atoms with Crippen LogP contribution < -0.4 is 5.69 Å². The summed E-state index contributed by atoms with van der Waals surface area (Å²) >= 11 is 1.44. The third-order valence-corrected chi connectivity index (χ3v) is 3.87. The largest absolute Gasteiger partial charge is 0.350 e. The minimum Gasteiger partial charge on any atom is -0.293 e. The van der Waals surface area contributed by atoms with Crippen LogP contribution in [0.3, 0.4) is 0 Å². The maximum absolute atomic E-state index is 12.0. The average molecular weight is 288 g/mol. The summed E-state index contributed by atoms with van der Waals surface area (Å²) in [5.41, 5.74) is 0.313. The minimum absolute atomic E-state index is 0.110. The van der Waals surface area contributed by atoms with Crippen LogP contribution in [0, 0.1) is 0 Å². The van der Waals surface area contributed by atoms with E-state index in [0.717, 1.165) is 4.88 Å². The quantitative estimate of drug-likeness (QED) is 0.669. The van der Waals surface area contributed by atoms with Crippen molar-refractivity contribution in [2.45, 2.75) is 19.4 Å². The van der Waals surface area contributed by atoms with E-state index < -0.39 is 0 Å². The van der Waals surface area contributed by atoms with Crippen LogP contribution in [0.15, 0.2) is 40.9 Å². The lowest BCUT2D eigenvalue weighted by molar-refractivity contribution is 0.0982. The molecule has 3 aromatic rings. The van der Waals surface area contributed by atoms with Gasteiger partial charge in [0.15, 0.2) is 11.4 Å². The maximum atomic E-state index is 12.0. The molecule has 0 atom stereocenters. The third kappa shape index (κ3) is 2.39. The van der Waals surface area contributed by atoms with Gasteiger partial charge in [0.1, 0.15) is 0 Å². The SMILES string of the molecule is O=C(CCCn1nc2cnccn2c1=O)c1cccs1. The van der Waals surface area contributed by atoms with Crippen molar-refractivity contribution >= 4 is 22.8 Å². The number of carbonyl (C=O) groups is 1. The lowest BCUT2D eigenvalue weighted by Gasteiger charge is -1.98. The van der Waals surface area contributed by atoms with Crippen molar-refractivity contribution in [3.8, 4) is 0 Å². The smallest absolute Gasteiger partial charge is 0.293 e. The second kappa shape index (κ2) is 5.38. The van der Waals surface area contributed by atoms with E-state index >= 15 is 0 Å². The summed E-state index contributed by atoms with van der Waals surface area (Å²) in [5.74, 6) is 0.110. The Morgan fingerprint density at radius 2 is 2.30 bits per heavy atom. The summed E-state index contributed by atoms with van der Waals surface area (Å²) in [7, 11) is 0. The van der Waals surface area contributed by atoms with Crippen LogP contribution in [-0.2, 0) is 6.54 Å². The fourth-order valence-corrected chi connectivity index (χ4v) is 2.67. The van der Waals surface area contributed by atoms with Gasteiger partial charge in [0.25, 0.3) is 0 Å². The van der Waals surface area contributed by atoms with Gasteiger partial charge in [0.2, 0.25) is 0 Å². The second-order valence-corrected chi connectivity index (χ2v) is 5.26. The van der Waals surface area contributed by atoms with Crippen LogP contribution in [0.2, 0.25) is 0 Å². The van der Waals surface area contributed by atoms with E-state index in [-0.39, 0.29) is 11.5 Å². The molecule has 0 aliphatic carbocycles. The van der Waals surface area contributed by atoms with E-state index in [9.17, 15) is 9.59 Å². The van der Waals surface area contributed by atoms with E-state index in [1.54, 1.807) is 12.4 Å². The number of aromatic nitrogens is 4. The second-order valence-electron chi connectivity index (χ2n) is 4.31. The number of rotatable bonds is 5. The van der Waals surface area contributed by atoms with Crippen molar-refractivity contribution in [3.63, 3.8) is 0 Å². The zero-order chi connectivity index (χ0) is 13.9. The number of hydrogen-bond donors (Lipinski definition) is 0. The first-order chi connectivity index (χ1) is 9.75. The molecule has 102 valence electrons. The normalized spacial score (nSPS) is 11.0. The molecule has 0 aliphatic heterocycles. The molecule has 20 heavy (non-hydrogen) atoms. The van der Waals surface area contributed by atoms with Crippen molar-refractivity contribution < 1.29 is 4.79 Å². The first kappa shape index (κ1) is 12.7. The summed E-state index contributed by atoms with van der Waals surface area (Å²) in [6.07, 6.45) is 5.67. The van der Waals surface area contributed by atoms with Crippen molar-refractivity contribution in [3.05, 3.63) is 51.5 Å². The molecule has 0 saturated heterocycles. The van der Waals surface area contributed by atoms with Crippen molar-refractivity contribution in [2.75, 3.05) is 0 Å². The van der Waals surface area contributed by atoms with Gasteiger partial charge in [-0.05, 0) is 17.9 Å². The lowest BCUT2D eigenvalue weighted by atomic mass is 10.2. The predicted octanol–water partition coefficient (Wildman–Crippen LogP) is 1.62. The van der Waals surface area contributed by atoms with Gasteiger partial charge in [0.05, 0.1) is 11.1 Å². The van der Waals surface area contributed by atoms with Crippen LogP contribution in [0.25, 0.3) is 5.65 Å². The van der Waals surface area contributed by atoms with Crippen molar-refractivity contribution in [1.82, 2.24) is 19.2 Å². The Hall–Kier alpha value is -2.28. The lowest BCUT2D eigenvalue weighted by Crippen LogP contribution is -2.21. The number of aryl methyl sites for hydroxylation is 1. The highest BCUT2D eigenvalue weighted by atomic mass is 32.1. The Balaban J connectivity index is 1.67. The zero-order valence-electron chi connectivity index (χ0n) is 10.6. The summed E-state index contributed by atoms with van der Waals surface area (Å²) in [4.78, 5) is 28.5. The molecule has 0 radical (unpaired) electrons. The van der Waals surface area contributed by atoms with Gasteiger partial charge in [-0.3, -0.25) is 9.78 Å². The number of fused-ring (bicyclic) bond motifs is 1. The molecule has 0 aromatic carbocycles. The molecule has 0 fully saturated rings. The molecule has 0 saturated carbocycles. The molecule has 3 aromatic heterocycles. The summed E-state index contributed by atoms with van der Waals surface area (Å²) in [6.45, 7) is 0.428. The Labute approximate surface area is 118 Å². The molecule has 0 aliphatic rings. The Kier molecular flexibility index (Phi) is 3.42. The monoisotopic (exact) mass is 288 g/mol. The molecule has 6 nitrogen and oxygen atoms in total. The van der Waals surface area contributed by atoms with E-state index in [2.05, 4.69) is 10.1 Å². The van der Waals surface area contributed by atoms with Crippen molar-refractivity contribution in [2.24, 2.45) is 0 Å². The molecule has 3 heterocycles. The van der Waals surface area contributed by atoms with E-state index in [1.807, 2.05) is 17.5 Å². The highest BCUT2D eigenvalue weighted by Gasteiger charge is 2.09. The maximum Gasteiger partial charge on any atom is 0.350 e. The van der Waals surface area contributed by atoms with Crippen LogP contribution in [0.5, 0.6) is 0 Å². The van der Waals surface area contributed by atoms with E-state index in [1.165, 1.54) is 26.6 Å². The first-order valence-electron chi connectivity index (χ1n) is 6.21. The summed E-state index contributed by atoms with van der Waals surface area (Å²) in [6, 6.07) is 3.67. The zero-order valence-corrected chi connectivity index (χ0v) is 11.4. The van der Waals surface area contributed by atoms with E-state index in [0.29, 0.717) is 25.0 Å². The molecule has 0 spiro atoms. The molecule has 7 heteroatoms. The van der Waals surface area contributed by atoms with Gasteiger partial charge < -0.3 is 0 Å². The molecule has 0 N–H and O–H groups in total. The Morgan fingerprint density at radius 3 is 3.05 bits per heavy atom. The minimum atomic E-state index is -0.203. The van der Waals surface area contributed by atoms with Gasteiger partial charge in [-0.2, -0.15) is 0 Å². The number of carbonyl (C=O) groups excluding carboxylic acids is 1. The Bertz CT molecular complexity index is 788. The van der Waals surface area contributed by atoms with Crippen LogP contribution in [0.4, 0.5) is 0 Å². The Morgan fingerprint density at radius 1 is 1.40 bits per heavy atom. The van der Waals surface area contributed by atoms with Crippen LogP contribution in [0.1, 0.15) is 22.5 Å². The van der Waals surface area contributed by atoms with Gasteiger partial charge in [0, 0.05) is 25.4 Å². The first-order valence-corrected chi connectivity index (χ1v) is 7.09. The topological polar surface area (TPSA) is 69.3 Å². The molecule has 0 amide bonds. The highest BCUT2D eigenvalue weighted by molar-refractivity contribution is 7.12. The fourth-order valence-electron chi connectivity index (χ4n) is 1.98. The fraction of sp³-hybridized carbons (Fsp3) is 0.231. The summed E-state index contributed by atoms with van der Waals surface area (Å²) < 4.78 is 2.81. The van der Waals surface area contributed by atoms with Crippen molar-refractivity contribution in [1.29, 1.82) is 0 Å². The van der Waals surface area contributed by atoms with Crippen LogP contribution >= 0.6 is 11.3 Å². The predicted molar refractivity (Wildman–Crippen MR) is 75.1 cm³/mol. The van der Waals surface area contributed by atoms with Gasteiger partial charge in [-0.15, -0.1) is 16.4 Å². The molecule has 0 unspecified atom stereocenters. The molecule has 0 bridgehead atoms. The number of Topliss-reactive ketones (excluding diaryl/α,β-unsaturated/α-hetero) is 1. The van der Waals surface area contributed by atoms with Crippen LogP contribution in [-0.4, -0.2) is 24.9 Å². The van der Waals surface area contributed by atoms with Gasteiger partial charge in [-0.1, -0.05) is 6.07 Å². The number of nitrogens with zero attached hydrogens (tertiary/aromatic N) is 4. The molecule has 3 rings (SSSR count). The number of thiophene rings is 1. The van der Waals surface area contributed by atoms with Gasteiger partial charge >= 0.3 is 5.69 Å². The van der Waals surface area contributed by atoms with E-state index in [4.69, 9.17) is 0 Å². The van der Waals surface area contributed by atoms with Gasteiger partial charge in [-0.25, -0.2) is 13.9 Å². The standard InChI is InChI=1S/C13H12N4O2S/c18-10(11-4-2-8-20-11)3-1-6-17-13(19)16-7-5-14-9-12(16)15-17/h2,4-5,7-9H,1,3,6H2. The summed E-state index contributed by atoms with van der Waals surface area (Å²) in [5, 5.41) is 6.05. The molecular formula is C13H12N4O2S.